The van der Waals surface area contributed by atoms with E-state index in [1.165, 1.54) is 0 Å². The molecule has 0 bridgehead atoms. The molecule has 0 unspecified atom stereocenters. The van der Waals surface area contributed by atoms with Crippen molar-refractivity contribution in [1.29, 1.82) is 0 Å². The van der Waals surface area contributed by atoms with Crippen molar-refractivity contribution in [2.24, 2.45) is 5.18 Å². The minimum Gasteiger partial charge on any atom is -0.317 e. The first-order chi connectivity index (χ1) is 2.91. The standard InChI is InChI=1S/C2H6N2O2/c5-3-1-2-4-6/h3,5H,1-2H2. The Morgan fingerprint density at radius 1 is 1.83 bits per heavy atom. The molecule has 0 aromatic rings. The molecule has 0 rings (SSSR count). The molecule has 0 aliphatic heterocycles. The van der Waals surface area contributed by atoms with E-state index in [9.17, 15) is 0 Å². The highest BCUT2D eigenvalue weighted by molar-refractivity contribution is 4.37. The van der Waals surface area contributed by atoms with Gasteiger partial charge in [-0.25, -0.2) is 5.48 Å². The summed E-state index contributed by atoms with van der Waals surface area (Å²) in [6.45, 7) is 0.361. The van der Waals surface area contributed by atoms with Gasteiger partial charge < -0.3 is 5.21 Å². The highest BCUT2D eigenvalue weighted by atomic mass is 16.5. The molecule has 0 aliphatic carbocycles. The van der Waals surface area contributed by atoms with Crippen molar-refractivity contribution in [3.05, 3.63) is 4.91 Å². The van der Waals surface area contributed by atoms with Gasteiger partial charge in [0.2, 0.25) is 0 Å². The summed E-state index contributed by atoms with van der Waals surface area (Å²) in [6.07, 6.45) is 0. The molecule has 4 heteroatoms. The topological polar surface area (TPSA) is 61.7 Å². The first-order valence-corrected chi connectivity index (χ1v) is 1.58. The lowest BCUT2D eigenvalue weighted by Gasteiger charge is -1.82. The second-order valence-corrected chi connectivity index (χ2v) is 0.761. The van der Waals surface area contributed by atoms with Crippen molar-refractivity contribution >= 4 is 0 Å². The number of nitrogens with zero attached hydrogens (tertiary/aromatic N) is 1. The Bertz CT molecular complexity index is 38.5. The summed E-state index contributed by atoms with van der Waals surface area (Å²) in [5.41, 5.74) is 1.77. The minimum atomic E-state index is 0.122. The smallest absolute Gasteiger partial charge is 0.0958 e. The number of nitrogens with one attached hydrogen (secondary N) is 1. The van der Waals surface area contributed by atoms with Crippen LogP contribution in [0, 0.1) is 4.91 Å². The number of nitroso groups, excluding NO2 is 1. The van der Waals surface area contributed by atoms with Crippen LogP contribution in [0.1, 0.15) is 0 Å². The van der Waals surface area contributed by atoms with Crippen molar-refractivity contribution in [1.82, 2.24) is 5.48 Å². The second-order valence-electron chi connectivity index (χ2n) is 0.761. The molecule has 0 radical (unpaired) electrons. The molecule has 4 nitrogen and oxygen atoms in total. The average Bonchev–Trinajstić information content (AvgIpc) is 1.61. The van der Waals surface area contributed by atoms with Crippen molar-refractivity contribution < 1.29 is 5.21 Å². The number of rotatable bonds is 3. The lowest BCUT2D eigenvalue weighted by molar-refractivity contribution is 0.170. The third kappa shape index (κ3) is 3.52. The van der Waals surface area contributed by atoms with Crippen molar-refractivity contribution in [2.75, 3.05) is 13.1 Å². The normalized spacial score (nSPS) is 8.17. The first kappa shape index (κ1) is 5.52. The van der Waals surface area contributed by atoms with E-state index in [1.54, 1.807) is 5.48 Å². The van der Waals surface area contributed by atoms with Crippen molar-refractivity contribution in [3.63, 3.8) is 0 Å². The highest BCUT2D eigenvalue weighted by Crippen LogP contribution is 1.57. The van der Waals surface area contributed by atoms with Crippen LogP contribution in [0.2, 0.25) is 0 Å². The van der Waals surface area contributed by atoms with Crippen LogP contribution in [0.4, 0.5) is 0 Å². The lowest BCUT2D eigenvalue weighted by atomic mass is 10.7. The van der Waals surface area contributed by atoms with Crippen LogP contribution in [0.3, 0.4) is 0 Å². The Labute approximate surface area is 35.1 Å². The number of hydrogen-bond acceptors (Lipinski definition) is 4. The Hall–Kier alpha value is -0.480. The molecule has 0 fully saturated rings. The maximum Gasteiger partial charge on any atom is 0.0958 e. The fourth-order valence-corrected chi connectivity index (χ4v) is 0.0956. The lowest BCUT2D eigenvalue weighted by Crippen LogP contribution is -2.10. The van der Waals surface area contributed by atoms with Crippen LogP contribution < -0.4 is 5.48 Å². The van der Waals surface area contributed by atoms with Gasteiger partial charge in [-0.3, -0.25) is 0 Å². The molecule has 0 aliphatic rings. The minimum absolute atomic E-state index is 0.122. The number of hydroxylamine groups is 1. The second kappa shape index (κ2) is 4.52. The SMILES string of the molecule is O=NCCNO. The summed E-state index contributed by atoms with van der Waals surface area (Å²) in [5, 5.41) is 10.2. The predicted octanol–water partition coefficient (Wildman–Crippen LogP) is -0.268. The van der Waals surface area contributed by atoms with E-state index >= 15 is 0 Å². The molecule has 0 aromatic carbocycles. The molecule has 0 saturated carbocycles. The Balaban J connectivity index is 2.49. The Kier molecular flexibility index (Phi) is 4.16. The largest absolute Gasteiger partial charge is 0.317 e. The van der Waals surface area contributed by atoms with Gasteiger partial charge >= 0.3 is 0 Å². The van der Waals surface area contributed by atoms with E-state index in [4.69, 9.17) is 10.1 Å². The zero-order valence-corrected chi connectivity index (χ0v) is 3.22. The van der Waals surface area contributed by atoms with E-state index < -0.39 is 0 Å². The van der Waals surface area contributed by atoms with Gasteiger partial charge in [0.1, 0.15) is 0 Å². The van der Waals surface area contributed by atoms with Gasteiger partial charge in [0.25, 0.3) is 0 Å². The third-order valence-corrected chi connectivity index (χ3v) is 0.315. The maximum absolute atomic E-state index is 9.16. The molecule has 0 amide bonds. The van der Waals surface area contributed by atoms with Gasteiger partial charge in [-0.1, -0.05) is 5.18 Å². The van der Waals surface area contributed by atoms with Gasteiger partial charge in [-0.2, -0.15) is 4.91 Å². The van der Waals surface area contributed by atoms with E-state index in [0.717, 1.165) is 0 Å². The van der Waals surface area contributed by atoms with Gasteiger partial charge in [-0.15, -0.1) is 0 Å². The zero-order valence-electron chi connectivity index (χ0n) is 3.22. The molecule has 36 valence electrons. The fourth-order valence-electron chi connectivity index (χ4n) is 0.0956. The van der Waals surface area contributed by atoms with Crippen LogP contribution in [0.25, 0.3) is 0 Å². The van der Waals surface area contributed by atoms with Crippen LogP contribution in [-0.2, 0) is 0 Å². The summed E-state index contributed by atoms with van der Waals surface area (Å²) in [4.78, 5) is 9.16. The summed E-state index contributed by atoms with van der Waals surface area (Å²) in [6, 6.07) is 0. The molecule has 0 aromatic heterocycles. The predicted molar refractivity (Wildman–Crippen MR) is 20.5 cm³/mol. The van der Waals surface area contributed by atoms with E-state index in [-0.39, 0.29) is 13.1 Å². The highest BCUT2D eigenvalue weighted by Gasteiger charge is 1.74. The maximum atomic E-state index is 9.16. The molecular weight excluding hydrogens is 84.0 g/mol. The Morgan fingerprint density at radius 2 is 2.50 bits per heavy atom. The van der Waals surface area contributed by atoms with Gasteiger partial charge in [0.15, 0.2) is 0 Å². The van der Waals surface area contributed by atoms with Crippen molar-refractivity contribution in [3.8, 4) is 0 Å². The fraction of sp³-hybridized carbons (Fsp3) is 1.00. The quantitative estimate of drug-likeness (QED) is 0.285. The van der Waals surface area contributed by atoms with Crippen LogP contribution in [0.5, 0.6) is 0 Å². The van der Waals surface area contributed by atoms with E-state index in [2.05, 4.69) is 5.18 Å². The molecule has 0 heterocycles. The molecule has 0 spiro atoms. The van der Waals surface area contributed by atoms with Crippen LogP contribution >= 0.6 is 0 Å². The number of hydrogen-bond donors (Lipinski definition) is 2. The first-order valence-electron chi connectivity index (χ1n) is 1.58. The molecule has 2 N–H and O–H groups in total. The molecule has 0 saturated heterocycles. The van der Waals surface area contributed by atoms with Gasteiger partial charge in [0, 0.05) is 6.54 Å². The van der Waals surface area contributed by atoms with Crippen LogP contribution in [0.15, 0.2) is 5.18 Å². The van der Waals surface area contributed by atoms with Gasteiger partial charge in [0.05, 0.1) is 6.54 Å². The molecular formula is C2H6N2O2. The summed E-state index contributed by atoms with van der Waals surface area (Å²) in [5.74, 6) is 0. The molecule has 6 heavy (non-hydrogen) atoms. The summed E-state index contributed by atoms with van der Waals surface area (Å²) < 4.78 is 0. The van der Waals surface area contributed by atoms with Crippen molar-refractivity contribution in [2.45, 2.75) is 0 Å². The Morgan fingerprint density at radius 3 is 2.67 bits per heavy atom. The summed E-state index contributed by atoms with van der Waals surface area (Å²) >= 11 is 0. The zero-order chi connectivity index (χ0) is 4.83. The van der Waals surface area contributed by atoms with E-state index in [0.29, 0.717) is 0 Å². The average molecular weight is 90.1 g/mol. The van der Waals surface area contributed by atoms with E-state index in [1.807, 2.05) is 0 Å². The van der Waals surface area contributed by atoms with Crippen LogP contribution in [-0.4, -0.2) is 18.3 Å². The monoisotopic (exact) mass is 90.0 g/mol. The van der Waals surface area contributed by atoms with Gasteiger partial charge in [-0.05, 0) is 0 Å². The third-order valence-electron chi connectivity index (χ3n) is 0.315. The molecule has 0 atom stereocenters. The summed E-state index contributed by atoms with van der Waals surface area (Å²) in [7, 11) is 0.